The molecular weight excluding hydrogens is 364 g/mol. The van der Waals surface area contributed by atoms with Crippen LogP contribution in [0.5, 0.6) is 5.75 Å². The zero-order valence-corrected chi connectivity index (χ0v) is 16.1. The molecule has 1 aliphatic rings. The Morgan fingerprint density at radius 2 is 2.08 bits per heavy atom. The summed E-state index contributed by atoms with van der Waals surface area (Å²) in [5, 5.41) is 7.25. The van der Waals surface area contributed by atoms with Crippen LogP contribution in [0.3, 0.4) is 0 Å². The highest BCUT2D eigenvalue weighted by molar-refractivity contribution is 7.10. The molecule has 4 nitrogen and oxygen atoms in total. The summed E-state index contributed by atoms with van der Waals surface area (Å²) in [7, 11) is 1.61. The molecule has 6 heteroatoms. The van der Waals surface area contributed by atoms with Gasteiger partial charge in [-0.2, -0.15) is 0 Å². The maximum atomic E-state index is 12.7. The van der Waals surface area contributed by atoms with E-state index in [2.05, 4.69) is 39.2 Å². The molecule has 1 aromatic carbocycles. The fourth-order valence-corrected chi connectivity index (χ4v) is 5.22. The van der Waals surface area contributed by atoms with Crippen LogP contribution in [0.25, 0.3) is 0 Å². The van der Waals surface area contributed by atoms with Crippen LogP contribution in [0.15, 0.2) is 53.2 Å². The van der Waals surface area contributed by atoms with E-state index in [4.69, 9.17) is 4.74 Å². The first-order valence-electron chi connectivity index (χ1n) is 8.53. The van der Waals surface area contributed by atoms with Crippen molar-refractivity contribution < 1.29 is 9.53 Å². The van der Waals surface area contributed by atoms with Crippen molar-refractivity contribution in [1.29, 1.82) is 0 Å². The van der Waals surface area contributed by atoms with Gasteiger partial charge in [0, 0.05) is 16.3 Å². The first-order valence-corrected chi connectivity index (χ1v) is 10.3. The number of thiophene rings is 2. The number of carbonyl (C=O) groups is 1. The quantitative estimate of drug-likeness (QED) is 0.709. The minimum absolute atomic E-state index is 0.0188. The van der Waals surface area contributed by atoms with Gasteiger partial charge in [-0.05, 0) is 47.0 Å². The fourth-order valence-electron chi connectivity index (χ4n) is 3.44. The molecule has 3 heterocycles. The Bertz CT molecular complexity index is 889. The number of nitrogens with zero attached hydrogens (tertiary/aromatic N) is 1. The molecule has 1 unspecified atom stereocenters. The molecule has 4 rings (SSSR count). The van der Waals surface area contributed by atoms with Crippen molar-refractivity contribution >= 4 is 34.3 Å². The number of rotatable bonds is 5. The van der Waals surface area contributed by atoms with Gasteiger partial charge >= 0.3 is 0 Å². The van der Waals surface area contributed by atoms with Crippen molar-refractivity contribution in [3.8, 4) is 5.75 Å². The predicted molar refractivity (Wildman–Crippen MR) is 107 cm³/mol. The molecule has 0 saturated heterocycles. The Kier molecular flexibility index (Phi) is 5.06. The van der Waals surface area contributed by atoms with Gasteiger partial charge in [0.15, 0.2) is 0 Å². The van der Waals surface area contributed by atoms with E-state index >= 15 is 0 Å². The third kappa shape index (κ3) is 3.40. The van der Waals surface area contributed by atoms with Gasteiger partial charge in [-0.25, -0.2) is 0 Å². The number of hydrogen-bond acceptors (Lipinski definition) is 5. The van der Waals surface area contributed by atoms with Gasteiger partial charge < -0.3 is 10.1 Å². The van der Waals surface area contributed by atoms with Gasteiger partial charge in [-0.3, -0.25) is 9.69 Å². The van der Waals surface area contributed by atoms with Crippen molar-refractivity contribution in [2.24, 2.45) is 0 Å². The van der Waals surface area contributed by atoms with Crippen molar-refractivity contribution in [1.82, 2.24) is 4.90 Å². The summed E-state index contributed by atoms with van der Waals surface area (Å²) in [6.07, 6.45) is 0.997. The molecule has 0 radical (unpaired) electrons. The molecular formula is C20H20N2O2S2. The maximum Gasteiger partial charge on any atom is 0.238 e. The minimum atomic E-state index is -0.0188. The third-order valence-corrected chi connectivity index (χ3v) is 6.53. The van der Waals surface area contributed by atoms with Gasteiger partial charge in [-0.15, -0.1) is 22.7 Å². The highest BCUT2D eigenvalue weighted by Crippen LogP contribution is 2.39. The monoisotopic (exact) mass is 384 g/mol. The molecule has 0 aliphatic carbocycles. The molecule has 0 saturated carbocycles. The van der Waals surface area contributed by atoms with Gasteiger partial charge in [0.1, 0.15) is 5.75 Å². The average molecular weight is 385 g/mol. The Morgan fingerprint density at radius 3 is 2.88 bits per heavy atom. The van der Waals surface area contributed by atoms with Gasteiger partial charge in [0.25, 0.3) is 0 Å². The normalized spacial score (nSPS) is 16.9. The van der Waals surface area contributed by atoms with E-state index < -0.39 is 0 Å². The summed E-state index contributed by atoms with van der Waals surface area (Å²) >= 11 is 3.56. The average Bonchev–Trinajstić information content (AvgIpc) is 3.33. The number of fused-ring (bicyclic) bond motifs is 1. The van der Waals surface area contributed by atoms with Crippen molar-refractivity contribution in [3.05, 3.63) is 68.5 Å². The van der Waals surface area contributed by atoms with Crippen molar-refractivity contribution in [2.45, 2.75) is 12.5 Å². The molecule has 1 atom stereocenters. The number of amides is 1. The summed E-state index contributed by atoms with van der Waals surface area (Å²) in [6.45, 7) is 1.24. The van der Waals surface area contributed by atoms with Crippen molar-refractivity contribution in [2.75, 3.05) is 25.5 Å². The second-order valence-corrected chi connectivity index (χ2v) is 8.17. The number of nitrogens with one attached hydrogen (secondary N) is 1. The molecule has 2 aromatic heterocycles. The zero-order valence-electron chi connectivity index (χ0n) is 14.5. The zero-order chi connectivity index (χ0) is 17.9. The Labute approximate surface area is 161 Å². The Balaban J connectivity index is 1.54. The van der Waals surface area contributed by atoms with Crippen LogP contribution >= 0.6 is 22.7 Å². The second-order valence-electron chi connectivity index (χ2n) is 6.19. The third-order valence-electron chi connectivity index (χ3n) is 4.61. The minimum Gasteiger partial charge on any atom is -0.495 e. The van der Waals surface area contributed by atoms with Gasteiger partial charge in [0.2, 0.25) is 5.91 Å². The van der Waals surface area contributed by atoms with Crippen LogP contribution in [0.2, 0.25) is 0 Å². The van der Waals surface area contributed by atoms with E-state index in [-0.39, 0.29) is 11.9 Å². The highest BCUT2D eigenvalue weighted by atomic mass is 32.1. The number of ether oxygens (including phenoxy) is 1. The van der Waals surface area contributed by atoms with E-state index in [0.717, 1.165) is 13.0 Å². The lowest BCUT2D eigenvalue weighted by atomic mass is 9.98. The topological polar surface area (TPSA) is 41.6 Å². The second kappa shape index (κ2) is 7.61. The number of hydrogen-bond donors (Lipinski definition) is 1. The smallest absolute Gasteiger partial charge is 0.238 e. The summed E-state index contributed by atoms with van der Waals surface area (Å²) in [5.74, 6) is 0.657. The maximum absolute atomic E-state index is 12.7. The van der Waals surface area contributed by atoms with Crippen LogP contribution in [-0.4, -0.2) is 31.0 Å². The molecule has 0 spiro atoms. The molecule has 0 bridgehead atoms. The van der Waals surface area contributed by atoms with Gasteiger partial charge in [0.05, 0.1) is 25.4 Å². The predicted octanol–water partition coefficient (Wildman–Crippen LogP) is 4.40. The molecule has 1 N–H and O–H groups in total. The number of carbonyl (C=O) groups excluding carboxylic acids is 1. The van der Waals surface area contributed by atoms with E-state index in [9.17, 15) is 4.79 Å². The van der Waals surface area contributed by atoms with E-state index in [1.807, 2.05) is 35.6 Å². The lowest BCUT2D eigenvalue weighted by Gasteiger charge is -2.34. The fraction of sp³-hybridized carbons (Fsp3) is 0.250. The number of methoxy groups -OCH3 is 1. The summed E-state index contributed by atoms with van der Waals surface area (Å²) in [6, 6.07) is 14.1. The standard InChI is InChI=1S/C20H20N2O2S2/c1-24-16-6-3-2-5-15(16)21-19(23)13-22-10-8-17-14(9-12-26-17)20(22)18-7-4-11-25-18/h2-7,9,11-12,20H,8,10,13H2,1H3,(H,21,23). The number of anilines is 1. The summed E-state index contributed by atoms with van der Waals surface area (Å²) < 4.78 is 5.33. The van der Waals surface area contributed by atoms with Crippen LogP contribution < -0.4 is 10.1 Å². The first-order chi connectivity index (χ1) is 12.8. The Morgan fingerprint density at radius 1 is 1.19 bits per heavy atom. The van der Waals surface area contributed by atoms with Crippen LogP contribution in [0.1, 0.15) is 21.4 Å². The number of benzene rings is 1. The molecule has 26 heavy (non-hydrogen) atoms. The van der Waals surface area contributed by atoms with Crippen molar-refractivity contribution in [3.63, 3.8) is 0 Å². The van der Waals surface area contributed by atoms with Crippen LogP contribution in [0.4, 0.5) is 5.69 Å². The molecule has 134 valence electrons. The van der Waals surface area contributed by atoms with Crippen LogP contribution in [-0.2, 0) is 11.2 Å². The SMILES string of the molecule is COc1ccccc1NC(=O)CN1CCc2sccc2C1c1cccs1. The molecule has 1 amide bonds. The van der Waals surface area contributed by atoms with E-state index in [1.165, 1.54) is 15.3 Å². The molecule has 0 fully saturated rings. The largest absolute Gasteiger partial charge is 0.495 e. The lowest BCUT2D eigenvalue weighted by molar-refractivity contribution is -0.117. The Hall–Kier alpha value is -2.15. The van der Waals surface area contributed by atoms with Crippen LogP contribution in [0, 0.1) is 0 Å². The van der Waals surface area contributed by atoms with E-state index in [0.29, 0.717) is 18.0 Å². The molecule has 1 aliphatic heterocycles. The van der Waals surface area contributed by atoms with Gasteiger partial charge in [-0.1, -0.05) is 18.2 Å². The summed E-state index contributed by atoms with van der Waals surface area (Å²) in [5.41, 5.74) is 2.05. The highest BCUT2D eigenvalue weighted by Gasteiger charge is 2.31. The number of para-hydroxylation sites is 2. The summed E-state index contributed by atoms with van der Waals surface area (Å²) in [4.78, 5) is 17.7. The first kappa shape index (κ1) is 17.3. The van der Waals surface area contributed by atoms with E-state index in [1.54, 1.807) is 18.4 Å². The lowest BCUT2D eigenvalue weighted by Crippen LogP contribution is -2.40. The molecule has 3 aromatic rings.